The van der Waals surface area contributed by atoms with E-state index in [-0.39, 0.29) is 5.97 Å². The molecule has 0 N–H and O–H groups in total. The van der Waals surface area contributed by atoms with Crippen LogP contribution >= 0.6 is 0 Å². The first-order valence-electron chi connectivity index (χ1n) is 9.83. The standard InChI is InChI=1S/C21H28N4O3Si/c1-6-28-21(26)16-7-8-19-17(12-16)18(11-15(2)23-19)20-22-13-25(24-20)14-27-9-10-29(3,4)5/h7-8,11-13H,6,9-10,14H2,1-5H3. The van der Waals surface area contributed by atoms with Crippen molar-refractivity contribution in [3.8, 4) is 11.4 Å². The molecule has 154 valence electrons. The minimum absolute atomic E-state index is 0.333. The van der Waals surface area contributed by atoms with E-state index in [4.69, 9.17) is 9.47 Å². The highest BCUT2D eigenvalue weighted by Gasteiger charge is 2.15. The van der Waals surface area contributed by atoms with Crippen molar-refractivity contribution in [1.29, 1.82) is 0 Å². The van der Waals surface area contributed by atoms with Gasteiger partial charge >= 0.3 is 5.97 Å². The summed E-state index contributed by atoms with van der Waals surface area (Å²) in [5.41, 5.74) is 2.97. The third kappa shape index (κ3) is 5.48. The van der Waals surface area contributed by atoms with Gasteiger partial charge in [-0.25, -0.2) is 14.5 Å². The summed E-state index contributed by atoms with van der Waals surface area (Å²) in [6, 6.07) is 8.40. The maximum atomic E-state index is 12.1. The van der Waals surface area contributed by atoms with Crippen molar-refractivity contribution < 1.29 is 14.3 Å². The molecule has 0 bridgehead atoms. The van der Waals surface area contributed by atoms with Gasteiger partial charge in [-0.05, 0) is 44.2 Å². The van der Waals surface area contributed by atoms with Gasteiger partial charge in [-0.2, -0.15) is 0 Å². The lowest BCUT2D eigenvalue weighted by atomic mass is 10.0. The average Bonchev–Trinajstić information content (AvgIpc) is 3.12. The van der Waals surface area contributed by atoms with E-state index in [1.165, 1.54) is 0 Å². The predicted molar refractivity (Wildman–Crippen MR) is 116 cm³/mol. The Morgan fingerprint density at radius 3 is 2.72 bits per heavy atom. The number of carbonyl (C=O) groups is 1. The first kappa shape index (κ1) is 21.1. The maximum Gasteiger partial charge on any atom is 0.338 e. The summed E-state index contributed by atoms with van der Waals surface area (Å²) in [5, 5.41) is 5.38. The van der Waals surface area contributed by atoms with E-state index in [1.54, 1.807) is 30.1 Å². The number of esters is 1. The number of benzene rings is 1. The molecule has 0 aliphatic carbocycles. The summed E-state index contributed by atoms with van der Waals surface area (Å²) in [6.07, 6.45) is 1.67. The first-order valence-corrected chi connectivity index (χ1v) is 13.5. The number of ether oxygens (including phenoxy) is 2. The summed E-state index contributed by atoms with van der Waals surface area (Å²) in [4.78, 5) is 21.1. The van der Waals surface area contributed by atoms with Gasteiger partial charge < -0.3 is 9.47 Å². The zero-order valence-corrected chi connectivity index (χ0v) is 18.7. The number of fused-ring (bicyclic) bond motifs is 1. The Balaban J connectivity index is 1.86. The van der Waals surface area contributed by atoms with Crippen LogP contribution in [-0.4, -0.2) is 47.0 Å². The van der Waals surface area contributed by atoms with Crippen molar-refractivity contribution >= 4 is 24.9 Å². The van der Waals surface area contributed by atoms with Crippen LogP contribution in [0, 0.1) is 6.92 Å². The molecule has 0 saturated heterocycles. The van der Waals surface area contributed by atoms with Gasteiger partial charge in [-0.1, -0.05) is 19.6 Å². The monoisotopic (exact) mass is 412 g/mol. The van der Waals surface area contributed by atoms with Crippen LogP contribution in [0.25, 0.3) is 22.3 Å². The molecule has 0 spiro atoms. The van der Waals surface area contributed by atoms with Gasteiger partial charge in [0.15, 0.2) is 5.82 Å². The molecule has 1 aromatic carbocycles. The third-order valence-electron chi connectivity index (χ3n) is 4.45. The maximum absolute atomic E-state index is 12.1. The van der Waals surface area contributed by atoms with Gasteiger partial charge in [0.05, 0.1) is 17.7 Å². The number of aryl methyl sites for hydroxylation is 1. The number of pyridine rings is 1. The molecule has 29 heavy (non-hydrogen) atoms. The van der Waals surface area contributed by atoms with Crippen LogP contribution in [0.5, 0.6) is 0 Å². The Kier molecular flexibility index (Phi) is 6.44. The number of hydrogen-bond donors (Lipinski definition) is 0. The van der Waals surface area contributed by atoms with Crippen LogP contribution in [0.15, 0.2) is 30.6 Å². The van der Waals surface area contributed by atoms with Crippen molar-refractivity contribution in [2.45, 2.75) is 46.3 Å². The Bertz CT molecular complexity index is 1010. The van der Waals surface area contributed by atoms with Crippen molar-refractivity contribution in [3.63, 3.8) is 0 Å². The van der Waals surface area contributed by atoms with Crippen LogP contribution in [0.2, 0.25) is 25.7 Å². The summed E-state index contributed by atoms with van der Waals surface area (Å²) < 4.78 is 12.6. The van der Waals surface area contributed by atoms with Crippen LogP contribution in [0.1, 0.15) is 23.0 Å². The molecule has 8 heteroatoms. The Morgan fingerprint density at radius 1 is 1.21 bits per heavy atom. The molecule has 0 unspecified atom stereocenters. The number of rotatable bonds is 8. The Hall–Kier alpha value is -2.58. The van der Waals surface area contributed by atoms with Crippen molar-refractivity contribution in [2.75, 3.05) is 13.2 Å². The van der Waals surface area contributed by atoms with E-state index in [0.29, 0.717) is 24.7 Å². The molecular weight excluding hydrogens is 384 g/mol. The van der Waals surface area contributed by atoms with Crippen molar-refractivity contribution in [2.24, 2.45) is 0 Å². The predicted octanol–water partition coefficient (Wildman–Crippen LogP) is 4.29. The molecule has 0 fully saturated rings. The molecule has 3 rings (SSSR count). The summed E-state index contributed by atoms with van der Waals surface area (Å²) in [6.45, 7) is 12.1. The highest BCUT2D eigenvalue weighted by Crippen LogP contribution is 2.27. The molecule has 2 heterocycles. The van der Waals surface area contributed by atoms with Crippen LogP contribution < -0.4 is 0 Å². The van der Waals surface area contributed by atoms with Gasteiger partial charge in [0.2, 0.25) is 0 Å². The third-order valence-corrected chi connectivity index (χ3v) is 6.15. The first-order chi connectivity index (χ1) is 13.8. The minimum atomic E-state index is -1.12. The van der Waals surface area contributed by atoms with E-state index < -0.39 is 8.07 Å². The van der Waals surface area contributed by atoms with E-state index in [1.807, 2.05) is 19.1 Å². The fourth-order valence-electron chi connectivity index (χ4n) is 2.90. The van der Waals surface area contributed by atoms with Crippen LogP contribution in [0.3, 0.4) is 0 Å². The van der Waals surface area contributed by atoms with Crippen LogP contribution in [-0.2, 0) is 16.2 Å². The topological polar surface area (TPSA) is 79.1 Å². The lowest BCUT2D eigenvalue weighted by Gasteiger charge is -2.15. The molecule has 2 aromatic heterocycles. The molecule has 0 atom stereocenters. The molecule has 0 aliphatic rings. The highest BCUT2D eigenvalue weighted by atomic mass is 28.3. The van der Waals surface area contributed by atoms with Gasteiger partial charge in [0, 0.05) is 31.3 Å². The second-order valence-corrected chi connectivity index (χ2v) is 13.8. The van der Waals surface area contributed by atoms with E-state index in [0.717, 1.165) is 34.8 Å². The molecule has 0 radical (unpaired) electrons. The second kappa shape index (κ2) is 8.83. The number of nitrogens with zero attached hydrogens (tertiary/aromatic N) is 4. The summed E-state index contributed by atoms with van der Waals surface area (Å²) >= 11 is 0. The number of carbonyl (C=O) groups excluding carboxylic acids is 1. The molecule has 7 nitrogen and oxygen atoms in total. The fourth-order valence-corrected chi connectivity index (χ4v) is 3.66. The largest absolute Gasteiger partial charge is 0.462 e. The number of aromatic nitrogens is 4. The van der Waals surface area contributed by atoms with Crippen LogP contribution in [0.4, 0.5) is 0 Å². The van der Waals surface area contributed by atoms with Gasteiger partial charge in [0.25, 0.3) is 0 Å². The summed E-state index contributed by atoms with van der Waals surface area (Å²) in [5.74, 6) is 0.227. The average molecular weight is 413 g/mol. The minimum Gasteiger partial charge on any atom is -0.462 e. The van der Waals surface area contributed by atoms with Gasteiger partial charge in [0.1, 0.15) is 13.1 Å². The molecule has 0 saturated carbocycles. The lowest BCUT2D eigenvalue weighted by Crippen LogP contribution is -2.22. The zero-order valence-electron chi connectivity index (χ0n) is 17.7. The molecule has 0 aliphatic heterocycles. The summed E-state index contributed by atoms with van der Waals surface area (Å²) in [7, 11) is -1.12. The highest BCUT2D eigenvalue weighted by molar-refractivity contribution is 6.76. The van der Waals surface area contributed by atoms with Gasteiger partial charge in [-0.15, -0.1) is 5.10 Å². The molecule has 3 aromatic rings. The van der Waals surface area contributed by atoms with E-state index in [2.05, 4.69) is 34.7 Å². The van der Waals surface area contributed by atoms with Gasteiger partial charge in [-0.3, -0.25) is 4.98 Å². The fraction of sp³-hybridized carbons (Fsp3) is 0.429. The van der Waals surface area contributed by atoms with Crippen molar-refractivity contribution in [1.82, 2.24) is 19.7 Å². The lowest BCUT2D eigenvalue weighted by molar-refractivity contribution is 0.0526. The number of hydrogen-bond acceptors (Lipinski definition) is 6. The smallest absolute Gasteiger partial charge is 0.338 e. The van der Waals surface area contributed by atoms with E-state index in [9.17, 15) is 4.79 Å². The molecular formula is C21H28N4O3Si. The quantitative estimate of drug-likeness (QED) is 0.312. The Morgan fingerprint density at radius 2 is 2.00 bits per heavy atom. The second-order valence-electron chi connectivity index (χ2n) is 8.22. The normalized spacial score (nSPS) is 11.8. The van der Waals surface area contributed by atoms with E-state index >= 15 is 0 Å². The zero-order chi connectivity index (χ0) is 21.0. The SMILES string of the molecule is CCOC(=O)c1ccc2nc(C)cc(-c3ncn(COCC[Si](C)(C)C)n3)c2c1. The Labute approximate surface area is 172 Å². The van der Waals surface area contributed by atoms with Crippen molar-refractivity contribution in [3.05, 3.63) is 41.9 Å². The molecule has 0 amide bonds.